The lowest BCUT2D eigenvalue weighted by Gasteiger charge is -2.20. The number of aromatic nitrogens is 3. The number of nitrogens with one attached hydrogen (secondary N) is 1. The molecule has 0 spiro atoms. The molecule has 0 aliphatic carbocycles. The molecule has 0 amide bonds. The first-order valence-electron chi connectivity index (χ1n) is 11.1. The van der Waals surface area contributed by atoms with Gasteiger partial charge in [-0.05, 0) is 57.5 Å². The second-order valence-electron chi connectivity index (χ2n) is 9.06. The number of hydrogen-bond acceptors (Lipinski definition) is 6. The van der Waals surface area contributed by atoms with Crippen molar-refractivity contribution in [2.45, 2.75) is 26.1 Å². The SMILES string of the molecule is Cc1nc2cc(F)c(-c3ccc(CP(C)(C)=O)nc3)nc2c(N[C@H](C)c2cc(C#N)ccc2F)c1Cl. The third-order valence-electron chi connectivity index (χ3n) is 5.61. The number of benzene rings is 1. The maximum absolute atomic E-state index is 15.1. The average Bonchev–Trinajstić information content (AvgIpc) is 2.81. The second kappa shape index (κ2) is 9.93. The maximum atomic E-state index is 15.1. The van der Waals surface area contributed by atoms with Gasteiger partial charge >= 0.3 is 0 Å². The summed E-state index contributed by atoms with van der Waals surface area (Å²) in [5.74, 6) is -1.07. The summed E-state index contributed by atoms with van der Waals surface area (Å²) in [6, 6.07) is 10.2. The molecule has 0 saturated heterocycles. The lowest BCUT2D eigenvalue weighted by Crippen LogP contribution is -2.11. The quantitative estimate of drug-likeness (QED) is 0.270. The summed E-state index contributed by atoms with van der Waals surface area (Å²) in [4.78, 5) is 13.2. The lowest BCUT2D eigenvalue weighted by molar-refractivity contribution is 0.581. The van der Waals surface area contributed by atoms with Gasteiger partial charge in [0.05, 0.1) is 46.7 Å². The molecule has 0 unspecified atom stereocenters. The molecule has 3 heterocycles. The third kappa shape index (κ3) is 5.38. The van der Waals surface area contributed by atoms with Gasteiger partial charge in [0.1, 0.15) is 17.0 Å². The number of hydrogen-bond donors (Lipinski definition) is 1. The Hall–Kier alpha value is -3.40. The summed E-state index contributed by atoms with van der Waals surface area (Å²) in [6.45, 7) is 6.78. The van der Waals surface area contributed by atoms with Crippen LogP contribution >= 0.6 is 18.7 Å². The predicted octanol–water partition coefficient (Wildman–Crippen LogP) is 7.10. The number of anilines is 1. The van der Waals surface area contributed by atoms with Gasteiger partial charge in [0, 0.05) is 35.2 Å². The number of fused-ring (bicyclic) bond motifs is 1. The van der Waals surface area contributed by atoms with Crippen molar-refractivity contribution >= 4 is 35.5 Å². The van der Waals surface area contributed by atoms with Crippen LogP contribution in [-0.4, -0.2) is 28.3 Å². The Balaban J connectivity index is 1.80. The largest absolute Gasteiger partial charge is 0.375 e. The number of nitrogens with zero attached hydrogens (tertiary/aromatic N) is 4. The topological polar surface area (TPSA) is 91.6 Å². The van der Waals surface area contributed by atoms with E-state index in [-0.39, 0.29) is 21.8 Å². The first kappa shape index (κ1) is 25.7. The van der Waals surface area contributed by atoms with E-state index in [0.717, 1.165) is 0 Å². The van der Waals surface area contributed by atoms with Crippen LogP contribution in [0.2, 0.25) is 5.02 Å². The Morgan fingerprint density at radius 2 is 1.89 bits per heavy atom. The van der Waals surface area contributed by atoms with Gasteiger partial charge < -0.3 is 9.88 Å². The molecule has 3 aromatic heterocycles. The first-order chi connectivity index (χ1) is 17.0. The summed E-state index contributed by atoms with van der Waals surface area (Å²) >= 11 is 6.58. The summed E-state index contributed by atoms with van der Waals surface area (Å²) < 4.78 is 41.7. The summed E-state index contributed by atoms with van der Waals surface area (Å²) in [7, 11) is -2.31. The van der Waals surface area contributed by atoms with Crippen molar-refractivity contribution in [2.75, 3.05) is 18.6 Å². The van der Waals surface area contributed by atoms with E-state index in [1.807, 2.05) is 6.07 Å². The predicted molar refractivity (Wildman–Crippen MR) is 139 cm³/mol. The van der Waals surface area contributed by atoms with E-state index in [4.69, 9.17) is 11.6 Å². The van der Waals surface area contributed by atoms with Crippen molar-refractivity contribution in [1.29, 1.82) is 5.26 Å². The fraction of sp³-hybridized carbons (Fsp3) is 0.231. The molecule has 1 N–H and O–H groups in total. The van der Waals surface area contributed by atoms with Crippen LogP contribution in [0.5, 0.6) is 0 Å². The van der Waals surface area contributed by atoms with E-state index in [1.165, 1.54) is 30.5 Å². The number of aryl methyl sites for hydroxylation is 1. The molecule has 6 nitrogen and oxygen atoms in total. The van der Waals surface area contributed by atoms with Crippen LogP contribution in [0, 0.1) is 29.9 Å². The van der Waals surface area contributed by atoms with Gasteiger partial charge in [-0.2, -0.15) is 5.26 Å². The number of nitriles is 1. The minimum Gasteiger partial charge on any atom is -0.375 e. The van der Waals surface area contributed by atoms with E-state index in [0.29, 0.717) is 39.9 Å². The van der Waals surface area contributed by atoms with Gasteiger partial charge in [-0.1, -0.05) is 11.6 Å². The minimum atomic E-state index is -2.31. The molecule has 4 aromatic rings. The van der Waals surface area contributed by atoms with Gasteiger partial charge in [0.25, 0.3) is 0 Å². The molecule has 0 radical (unpaired) electrons. The molecule has 36 heavy (non-hydrogen) atoms. The van der Waals surface area contributed by atoms with Crippen molar-refractivity contribution in [1.82, 2.24) is 15.0 Å². The molecule has 0 aliphatic heterocycles. The lowest BCUT2D eigenvalue weighted by atomic mass is 10.0. The summed E-state index contributed by atoms with van der Waals surface area (Å²) in [5.41, 5.74) is 3.14. The van der Waals surface area contributed by atoms with Crippen LogP contribution in [0.4, 0.5) is 14.5 Å². The van der Waals surface area contributed by atoms with Crippen molar-refractivity contribution in [3.8, 4) is 17.3 Å². The number of pyridine rings is 3. The Bertz CT molecular complexity index is 1560. The summed E-state index contributed by atoms with van der Waals surface area (Å²) in [6.07, 6.45) is 1.83. The molecule has 1 atom stereocenters. The molecular weight excluding hydrogens is 503 g/mol. The zero-order valence-electron chi connectivity index (χ0n) is 20.1. The van der Waals surface area contributed by atoms with Gasteiger partial charge in [0.15, 0.2) is 5.82 Å². The van der Waals surface area contributed by atoms with Gasteiger partial charge in [-0.25, -0.2) is 18.7 Å². The summed E-state index contributed by atoms with van der Waals surface area (Å²) in [5, 5.41) is 12.6. The zero-order chi connectivity index (χ0) is 26.2. The van der Waals surface area contributed by atoms with E-state index in [9.17, 15) is 14.2 Å². The Morgan fingerprint density at radius 3 is 2.53 bits per heavy atom. The van der Waals surface area contributed by atoms with Crippen LogP contribution in [-0.2, 0) is 10.7 Å². The van der Waals surface area contributed by atoms with Gasteiger partial charge in [-0.15, -0.1) is 0 Å². The minimum absolute atomic E-state index is 0.0489. The third-order valence-corrected chi connectivity index (χ3v) is 7.16. The zero-order valence-corrected chi connectivity index (χ0v) is 21.8. The normalized spacial score (nSPS) is 12.4. The fourth-order valence-corrected chi connectivity index (χ4v) is 5.04. The Morgan fingerprint density at radius 1 is 1.14 bits per heavy atom. The van der Waals surface area contributed by atoms with E-state index in [2.05, 4.69) is 20.3 Å². The highest BCUT2D eigenvalue weighted by molar-refractivity contribution is 7.61. The molecule has 0 fully saturated rings. The van der Waals surface area contributed by atoms with E-state index < -0.39 is 24.8 Å². The van der Waals surface area contributed by atoms with Crippen LogP contribution in [0.1, 0.15) is 35.5 Å². The van der Waals surface area contributed by atoms with Crippen LogP contribution in [0.25, 0.3) is 22.3 Å². The smallest absolute Gasteiger partial charge is 0.151 e. The fourth-order valence-electron chi connectivity index (χ4n) is 3.88. The van der Waals surface area contributed by atoms with Crippen LogP contribution in [0.3, 0.4) is 0 Å². The molecule has 10 heteroatoms. The highest BCUT2D eigenvalue weighted by atomic mass is 35.5. The van der Waals surface area contributed by atoms with Gasteiger partial charge in [0.2, 0.25) is 0 Å². The molecule has 0 saturated carbocycles. The molecule has 0 bridgehead atoms. The molecular formula is C26H23ClF2N5OP. The monoisotopic (exact) mass is 525 g/mol. The highest BCUT2D eigenvalue weighted by Crippen LogP contribution is 2.40. The van der Waals surface area contributed by atoms with Crippen molar-refractivity contribution in [3.05, 3.63) is 81.8 Å². The Kier molecular flexibility index (Phi) is 7.08. The van der Waals surface area contributed by atoms with Crippen molar-refractivity contribution in [2.24, 2.45) is 0 Å². The highest BCUT2D eigenvalue weighted by Gasteiger charge is 2.20. The second-order valence-corrected chi connectivity index (χ2v) is 12.9. The molecule has 0 aliphatic rings. The van der Waals surface area contributed by atoms with Crippen molar-refractivity contribution < 1.29 is 13.3 Å². The van der Waals surface area contributed by atoms with E-state index >= 15 is 4.39 Å². The van der Waals surface area contributed by atoms with Crippen LogP contribution in [0.15, 0.2) is 42.6 Å². The van der Waals surface area contributed by atoms with Crippen molar-refractivity contribution in [3.63, 3.8) is 0 Å². The number of halogens is 3. The standard InChI is InChI=1S/C26H23ClF2N5OP/c1-14(19-9-16(11-30)5-8-20(19)28)33-26-23(27)15(2)32-22-10-21(29)24(34-25(22)26)17-6-7-18(31-12-17)13-36(3,4)35/h5-10,12,14H,13H2,1-4H3,(H,32,33)/t14-/m1/s1. The molecule has 1 aromatic carbocycles. The van der Waals surface area contributed by atoms with Gasteiger partial charge in [-0.3, -0.25) is 4.98 Å². The van der Waals surface area contributed by atoms with Crippen LogP contribution < -0.4 is 5.32 Å². The molecule has 184 valence electrons. The number of rotatable bonds is 6. The maximum Gasteiger partial charge on any atom is 0.151 e. The van der Waals surface area contributed by atoms with E-state index in [1.54, 1.807) is 39.3 Å². The first-order valence-corrected chi connectivity index (χ1v) is 14.2. The Labute approximate surface area is 212 Å². The average molecular weight is 526 g/mol. The molecule has 4 rings (SSSR count).